The summed E-state index contributed by atoms with van der Waals surface area (Å²) >= 11 is 11.1. The standard InChI is InChI=1S/C21H20ClN5O3S/c1-13-5-4-6-17(30-20-25-18(28-2)11-19(26-20)29-3)16(13)12-23-27-21(31)24-15-9-7-14(22)8-10-15/h4-12H,1-3H3,(H2,24,27,31)/b23-12+. The minimum absolute atomic E-state index is 0.0873. The Hall–Kier alpha value is -3.43. The Morgan fingerprint density at radius 3 is 2.39 bits per heavy atom. The second-order valence-electron chi connectivity index (χ2n) is 6.16. The molecule has 0 saturated heterocycles. The van der Waals surface area contributed by atoms with Gasteiger partial charge in [0.15, 0.2) is 5.11 Å². The van der Waals surface area contributed by atoms with Crippen molar-refractivity contribution in [3.63, 3.8) is 0 Å². The zero-order valence-corrected chi connectivity index (χ0v) is 18.6. The Balaban J connectivity index is 1.73. The third kappa shape index (κ3) is 6.27. The van der Waals surface area contributed by atoms with Gasteiger partial charge in [0.25, 0.3) is 0 Å². The molecule has 160 valence electrons. The number of benzene rings is 2. The van der Waals surface area contributed by atoms with Gasteiger partial charge in [-0.15, -0.1) is 0 Å². The van der Waals surface area contributed by atoms with Crippen molar-refractivity contribution < 1.29 is 14.2 Å². The average molecular weight is 458 g/mol. The smallest absolute Gasteiger partial charge is 0.328 e. The fourth-order valence-corrected chi connectivity index (χ4v) is 2.79. The zero-order valence-electron chi connectivity index (χ0n) is 17.0. The Bertz CT molecular complexity index is 1070. The van der Waals surface area contributed by atoms with Crippen LogP contribution in [0.2, 0.25) is 5.02 Å². The Morgan fingerprint density at radius 2 is 1.74 bits per heavy atom. The number of nitrogens with one attached hydrogen (secondary N) is 2. The molecule has 0 saturated carbocycles. The maximum atomic E-state index is 5.89. The van der Waals surface area contributed by atoms with Crippen LogP contribution in [0.1, 0.15) is 11.1 Å². The van der Waals surface area contributed by atoms with E-state index in [1.165, 1.54) is 14.2 Å². The number of methoxy groups -OCH3 is 2. The van der Waals surface area contributed by atoms with Crippen molar-refractivity contribution in [2.24, 2.45) is 5.10 Å². The normalized spacial score (nSPS) is 10.6. The first-order valence-electron chi connectivity index (χ1n) is 9.08. The third-order valence-corrected chi connectivity index (χ3v) is 4.47. The van der Waals surface area contributed by atoms with Crippen molar-refractivity contribution >= 4 is 40.8 Å². The first-order chi connectivity index (χ1) is 15.0. The van der Waals surface area contributed by atoms with Crippen LogP contribution in [0.25, 0.3) is 0 Å². The predicted molar refractivity (Wildman–Crippen MR) is 125 cm³/mol. The van der Waals surface area contributed by atoms with E-state index in [4.69, 9.17) is 38.0 Å². The molecule has 0 radical (unpaired) electrons. The zero-order chi connectivity index (χ0) is 22.2. The van der Waals surface area contributed by atoms with Crippen molar-refractivity contribution in [3.05, 3.63) is 64.7 Å². The summed E-state index contributed by atoms with van der Waals surface area (Å²) in [5, 5.41) is 8.20. The minimum Gasteiger partial charge on any atom is -0.481 e. The van der Waals surface area contributed by atoms with E-state index in [9.17, 15) is 0 Å². The van der Waals surface area contributed by atoms with Crippen LogP contribution in [-0.2, 0) is 0 Å². The molecule has 0 fully saturated rings. The summed E-state index contributed by atoms with van der Waals surface area (Å²) in [6, 6.07) is 14.4. The first-order valence-corrected chi connectivity index (χ1v) is 9.87. The topological polar surface area (TPSA) is 89.9 Å². The highest BCUT2D eigenvalue weighted by molar-refractivity contribution is 7.80. The number of halogens is 1. The van der Waals surface area contributed by atoms with Gasteiger partial charge >= 0.3 is 6.01 Å². The molecule has 0 atom stereocenters. The molecule has 3 aromatic rings. The molecule has 2 N–H and O–H groups in total. The van der Waals surface area contributed by atoms with E-state index >= 15 is 0 Å². The van der Waals surface area contributed by atoms with E-state index in [-0.39, 0.29) is 6.01 Å². The van der Waals surface area contributed by atoms with Crippen LogP contribution in [0.3, 0.4) is 0 Å². The molecule has 0 aliphatic carbocycles. The van der Waals surface area contributed by atoms with E-state index in [2.05, 4.69) is 25.8 Å². The molecule has 0 aliphatic heterocycles. The predicted octanol–water partition coefficient (Wildman–Crippen LogP) is 4.57. The number of hydrogen-bond acceptors (Lipinski definition) is 7. The van der Waals surface area contributed by atoms with Gasteiger partial charge in [-0.3, -0.25) is 5.43 Å². The van der Waals surface area contributed by atoms with Gasteiger partial charge in [0, 0.05) is 16.3 Å². The molecule has 2 aromatic carbocycles. The molecule has 0 aliphatic rings. The summed E-state index contributed by atoms with van der Waals surface area (Å²) in [5.41, 5.74) is 5.24. The maximum absolute atomic E-state index is 5.89. The number of anilines is 1. The quantitative estimate of drug-likeness (QED) is 0.303. The highest BCUT2D eigenvalue weighted by Crippen LogP contribution is 2.27. The van der Waals surface area contributed by atoms with Crippen molar-refractivity contribution in [1.29, 1.82) is 0 Å². The van der Waals surface area contributed by atoms with Crippen LogP contribution in [0.15, 0.2) is 53.6 Å². The number of nitrogens with zero attached hydrogens (tertiary/aromatic N) is 3. The lowest BCUT2D eigenvalue weighted by molar-refractivity contribution is 0.348. The molecule has 0 amide bonds. The van der Waals surface area contributed by atoms with Crippen molar-refractivity contribution in [2.45, 2.75) is 6.92 Å². The largest absolute Gasteiger partial charge is 0.481 e. The molecule has 31 heavy (non-hydrogen) atoms. The van der Waals surface area contributed by atoms with Crippen LogP contribution >= 0.6 is 23.8 Å². The van der Waals surface area contributed by atoms with Gasteiger partial charge in [-0.25, -0.2) is 0 Å². The van der Waals surface area contributed by atoms with Crippen LogP contribution in [0, 0.1) is 6.92 Å². The average Bonchev–Trinajstić information content (AvgIpc) is 2.77. The number of hydrogen-bond donors (Lipinski definition) is 2. The Morgan fingerprint density at radius 1 is 1.06 bits per heavy atom. The molecule has 1 aromatic heterocycles. The van der Waals surface area contributed by atoms with Crippen molar-refractivity contribution in [3.8, 4) is 23.5 Å². The lowest BCUT2D eigenvalue weighted by atomic mass is 10.1. The monoisotopic (exact) mass is 457 g/mol. The molecular formula is C21H20ClN5O3S. The van der Waals surface area contributed by atoms with Crippen LogP contribution < -0.4 is 25.0 Å². The van der Waals surface area contributed by atoms with Gasteiger partial charge < -0.3 is 19.5 Å². The SMILES string of the molecule is COc1cc(OC)nc(Oc2cccc(C)c2/C=N/NC(=S)Nc2ccc(Cl)cc2)n1. The molecule has 0 unspecified atom stereocenters. The fraction of sp³-hybridized carbons (Fsp3) is 0.143. The second kappa shape index (κ2) is 10.6. The van der Waals surface area contributed by atoms with E-state index in [1.807, 2.05) is 31.2 Å². The summed E-state index contributed by atoms with van der Waals surface area (Å²) in [7, 11) is 3.01. The van der Waals surface area contributed by atoms with Gasteiger partial charge in [0.2, 0.25) is 11.8 Å². The van der Waals surface area contributed by atoms with Gasteiger partial charge in [0.05, 0.1) is 26.5 Å². The Labute approximate surface area is 190 Å². The third-order valence-electron chi connectivity index (χ3n) is 4.02. The maximum Gasteiger partial charge on any atom is 0.328 e. The molecule has 0 spiro atoms. The first kappa shape index (κ1) is 22.3. The number of ether oxygens (including phenoxy) is 3. The number of rotatable bonds is 7. The van der Waals surface area contributed by atoms with Gasteiger partial charge in [-0.1, -0.05) is 23.7 Å². The van der Waals surface area contributed by atoms with Crippen molar-refractivity contribution in [1.82, 2.24) is 15.4 Å². The van der Waals surface area contributed by atoms with Gasteiger partial charge in [-0.2, -0.15) is 15.1 Å². The summed E-state index contributed by atoms with van der Waals surface area (Å²) in [6.07, 6.45) is 1.61. The van der Waals surface area contributed by atoms with E-state index in [0.717, 1.165) is 16.8 Å². The highest BCUT2D eigenvalue weighted by atomic mass is 35.5. The molecule has 8 nitrogen and oxygen atoms in total. The number of aromatic nitrogens is 2. The van der Waals surface area contributed by atoms with Crippen LogP contribution in [-0.4, -0.2) is 35.5 Å². The number of hydrazone groups is 1. The Kier molecular flexibility index (Phi) is 7.58. The highest BCUT2D eigenvalue weighted by Gasteiger charge is 2.11. The minimum atomic E-state index is 0.0873. The summed E-state index contributed by atoms with van der Waals surface area (Å²) in [6.45, 7) is 1.94. The second-order valence-corrected chi connectivity index (χ2v) is 7.00. The summed E-state index contributed by atoms with van der Waals surface area (Å²) < 4.78 is 16.2. The molecular weight excluding hydrogens is 438 g/mol. The van der Waals surface area contributed by atoms with E-state index in [1.54, 1.807) is 30.5 Å². The molecule has 1 heterocycles. The molecule has 10 heteroatoms. The van der Waals surface area contributed by atoms with E-state index in [0.29, 0.717) is 27.6 Å². The fourth-order valence-electron chi connectivity index (χ4n) is 2.49. The van der Waals surface area contributed by atoms with Gasteiger partial charge in [0.1, 0.15) is 5.75 Å². The lowest BCUT2D eigenvalue weighted by Crippen LogP contribution is -2.23. The van der Waals surface area contributed by atoms with Crippen molar-refractivity contribution in [2.75, 3.05) is 19.5 Å². The van der Waals surface area contributed by atoms with Gasteiger partial charge in [-0.05, 0) is 55.0 Å². The van der Waals surface area contributed by atoms with E-state index < -0.39 is 0 Å². The molecule has 3 rings (SSSR count). The number of aryl methyl sites for hydroxylation is 1. The van der Waals surface area contributed by atoms with Crippen LogP contribution in [0.4, 0.5) is 5.69 Å². The lowest BCUT2D eigenvalue weighted by Gasteiger charge is -2.11. The van der Waals surface area contributed by atoms with Crippen LogP contribution in [0.5, 0.6) is 23.5 Å². The number of thiocarbonyl (C=S) groups is 1. The molecule has 0 bridgehead atoms. The summed E-state index contributed by atoms with van der Waals surface area (Å²) in [5.74, 6) is 1.16. The summed E-state index contributed by atoms with van der Waals surface area (Å²) in [4.78, 5) is 8.38.